The molecule has 144 valence electrons. The Bertz CT molecular complexity index is 1000. The molecule has 0 saturated carbocycles. The van der Waals surface area contributed by atoms with Crippen molar-refractivity contribution < 1.29 is 9.47 Å². The van der Waals surface area contributed by atoms with Crippen molar-refractivity contribution in [3.05, 3.63) is 85.3 Å². The molecule has 0 amide bonds. The van der Waals surface area contributed by atoms with Crippen LogP contribution >= 0.6 is 43.5 Å². The SMILES string of the molecule is COc1cc(C=Nc2ccc(C)c(Cl)c2)cc(Br)c1OCc1ccc(Br)cc1. The fraction of sp³-hybridized carbons (Fsp3) is 0.136. The van der Waals surface area contributed by atoms with Gasteiger partial charge in [0.05, 0.1) is 17.3 Å². The first kappa shape index (κ1) is 20.9. The summed E-state index contributed by atoms with van der Waals surface area (Å²) >= 11 is 13.2. The highest BCUT2D eigenvalue weighted by atomic mass is 79.9. The van der Waals surface area contributed by atoms with E-state index in [1.165, 1.54) is 0 Å². The quantitative estimate of drug-likeness (QED) is 0.313. The largest absolute Gasteiger partial charge is 0.493 e. The monoisotopic (exact) mass is 521 g/mol. The van der Waals surface area contributed by atoms with Crippen LogP contribution in [0.3, 0.4) is 0 Å². The van der Waals surface area contributed by atoms with Crippen LogP contribution in [0.1, 0.15) is 16.7 Å². The summed E-state index contributed by atoms with van der Waals surface area (Å²) in [4.78, 5) is 4.50. The Balaban J connectivity index is 1.79. The Labute approximate surface area is 186 Å². The first-order chi connectivity index (χ1) is 13.5. The molecule has 0 bridgehead atoms. The van der Waals surface area contributed by atoms with E-state index in [0.29, 0.717) is 23.1 Å². The van der Waals surface area contributed by atoms with Crippen LogP contribution in [-0.2, 0) is 6.61 Å². The van der Waals surface area contributed by atoms with E-state index in [2.05, 4.69) is 36.9 Å². The maximum atomic E-state index is 6.16. The molecule has 0 atom stereocenters. The molecule has 0 radical (unpaired) electrons. The maximum Gasteiger partial charge on any atom is 0.175 e. The van der Waals surface area contributed by atoms with E-state index < -0.39 is 0 Å². The van der Waals surface area contributed by atoms with Crippen molar-refractivity contribution in [1.29, 1.82) is 0 Å². The number of aliphatic imine (C=N–C) groups is 1. The zero-order valence-electron chi connectivity index (χ0n) is 15.4. The van der Waals surface area contributed by atoms with Crippen LogP contribution in [0.5, 0.6) is 11.5 Å². The lowest BCUT2D eigenvalue weighted by molar-refractivity contribution is 0.282. The number of rotatable bonds is 6. The van der Waals surface area contributed by atoms with Crippen LogP contribution < -0.4 is 9.47 Å². The molecular formula is C22H18Br2ClNO2. The van der Waals surface area contributed by atoms with Crippen molar-refractivity contribution in [3.63, 3.8) is 0 Å². The van der Waals surface area contributed by atoms with E-state index >= 15 is 0 Å². The molecule has 0 spiro atoms. The van der Waals surface area contributed by atoms with Crippen molar-refractivity contribution >= 4 is 55.4 Å². The normalized spacial score (nSPS) is 11.0. The molecule has 3 nitrogen and oxygen atoms in total. The van der Waals surface area contributed by atoms with Crippen LogP contribution in [0, 0.1) is 6.92 Å². The second kappa shape index (κ2) is 9.59. The minimum atomic E-state index is 0.442. The zero-order chi connectivity index (χ0) is 20.1. The van der Waals surface area contributed by atoms with Crippen molar-refractivity contribution in [2.24, 2.45) is 4.99 Å². The number of halogens is 3. The van der Waals surface area contributed by atoms with Crippen molar-refractivity contribution in [3.8, 4) is 11.5 Å². The van der Waals surface area contributed by atoms with E-state index in [4.69, 9.17) is 21.1 Å². The molecule has 28 heavy (non-hydrogen) atoms. The van der Waals surface area contributed by atoms with Crippen LogP contribution in [0.4, 0.5) is 5.69 Å². The highest BCUT2D eigenvalue weighted by molar-refractivity contribution is 9.10. The number of methoxy groups -OCH3 is 1. The molecule has 0 unspecified atom stereocenters. The lowest BCUT2D eigenvalue weighted by Crippen LogP contribution is -1.99. The molecule has 0 fully saturated rings. The second-order valence-electron chi connectivity index (χ2n) is 6.14. The summed E-state index contributed by atoms with van der Waals surface area (Å²) in [6.07, 6.45) is 1.77. The van der Waals surface area contributed by atoms with Gasteiger partial charge in [-0.15, -0.1) is 0 Å². The average molecular weight is 524 g/mol. The molecule has 0 aromatic heterocycles. The first-order valence-corrected chi connectivity index (χ1v) is 10.5. The molecule has 0 N–H and O–H groups in total. The van der Waals surface area contributed by atoms with Gasteiger partial charge in [-0.3, -0.25) is 4.99 Å². The predicted octanol–water partition coefficient (Wildman–Crippen LogP) is 7.51. The summed E-state index contributed by atoms with van der Waals surface area (Å²) in [6, 6.07) is 17.6. The van der Waals surface area contributed by atoms with Gasteiger partial charge in [0.1, 0.15) is 6.61 Å². The number of hydrogen-bond donors (Lipinski definition) is 0. The molecule has 0 aliphatic heterocycles. The van der Waals surface area contributed by atoms with E-state index in [9.17, 15) is 0 Å². The Hall–Kier alpha value is -1.82. The third-order valence-electron chi connectivity index (χ3n) is 4.07. The van der Waals surface area contributed by atoms with Gasteiger partial charge in [0.2, 0.25) is 0 Å². The average Bonchev–Trinajstić information content (AvgIpc) is 2.69. The van der Waals surface area contributed by atoms with Crippen molar-refractivity contribution in [2.45, 2.75) is 13.5 Å². The number of ether oxygens (including phenoxy) is 2. The Morgan fingerprint density at radius 2 is 1.79 bits per heavy atom. The number of aryl methyl sites for hydroxylation is 1. The third-order valence-corrected chi connectivity index (χ3v) is 5.59. The highest BCUT2D eigenvalue weighted by Crippen LogP contribution is 2.37. The summed E-state index contributed by atoms with van der Waals surface area (Å²) in [5.41, 5.74) is 3.77. The summed E-state index contributed by atoms with van der Waals surface area (Å²) in [6.45, 7) is 2.41. The molecular weight excluding hydrogens is 506 g/mol. The van der Waals surface area contributed by atoms with Gasteiger partial charge in [0, 0.05) is 15.7 Å². The zero-order valence-corrected chi connectivity index (χ0v) is 19.3. The fourth-order valence-electron chi connectivity index (χ4n) is 2.50. The topological polar surface area (TPSA) is 30.8 Å². The smallest absolute Gasteiger partial charge is 0.175 e. The van der Waals surface area contributed by atoms with E-state index in [-0.39, 0.29) is 0 Å². The van der Waals surface area contributed by atoms with Gasteiger partial charge in [-0.05, 0) is 75.9 Å². The van der Waals surface area contributed by atoms with E-state index in [1.807, 2.05) is 61.5 Å². The van der Waals surface area contributed by atoms with Gasteiger partial charge < -0.3 is 9.47 Å². The molecule has 0 aliphatic carbocycles. The molecule has 3 aromatic rings. The first-order valence-electron chi connectivity index (χ1n) is 8.51. The maximum absolute atomic E-state index is 6.16. The Morgan fingerprint density at radius 3 is 2.46 bits per heavy atom. The van der Waals surface area contributed by atoms with Crippen LogP contribution in [0.2, 0.25) is 5.02 Å². The van der Waals surface area contributed by atoms with Crippen LogP contribution in [-0.4, -0.2) is 13.3 Å². The Morgan fingerprint density at radius 1 is 1.04 bits per heavy atom. The standard InChI is InChI=1S/C22H18Br2ClNO2/c1-14-3-8-18(11-20(14)25)26-12-16-9-19(24)22(21(10-16)27-2)28-13-15-4-6-17(23)7-5-15/h3-12H,13H2,1-2H3. The van der Waals surface area contributed by atoms with Crippen LogP contribution in [0.25, 0.3) is 0 Å². The van der Waals surface area contributed by atoms with E-state index in [0.717, 1.165) is 31.3 Å². The van der Waals surface area contributed by atoms with Gasteiger partial charge in [-0.1, -0.05) is 45.7 Å². The van der Waals surface area contributed by atoms with Gasteiger partial charge >= 0.3 is 0 Å². The lowest BCUT2D eigenvalue weighted by atomic mass is 10.2. The third kappa shape index (κ3) is 5.37. The van der Waals surface area contributed by atoms with Gasteiger partial charge in [0.15, 0.2) is 11.5 Å². The lowest BCUT2D eigenvalue weighted by Gasteiger charge is -2.13. The molecule has 3 aromatic carbocycles. The van der Waals surface area contributed by atoms with Crippen molar-refractivity contribution in [2.75, 3.05) is 7.11 Å². The molecule has 0 saturated heterocycles. The van der Waals surface area contributed by atoms with Gasteiger partial charge in [-0.25, -0.2) is 0 Å². The van der Waals surface area contributed by atoms with Crippen molar-refractivity contribution in [1.82, 2.24) is 0 Å². The summed E-state index contributed by atoms with van der Waals surface area (Å²) < 4.78 is 13.3. The van der Waals surface area contributed by atoms with E-state index in [1.54, 1.807) is 13.3 Å². The predicted molar refractivity (Wildman–Crippen MR) is 123 cm³/mol. The summed E-state index contributed by atoms with van der Waals surface area (Å²) in [5, 5.41) is 0.699. The molecule has 0 aliphatic rings. The number of benzene rings is 3. The van der Waals surface area contributed by atoms with Crippen LogP contribution in [0.15, 0.2) is 68.5 Å². The molecule has 0 heterocycles. The fourth-order valence-corrected chi connectivity index (χ4v) is 3.51. The van der Waals surface area contributed by atoms with Gasteiger partial charge in [-0.2, -0.15) is 0 Å². The summed E-state index contributed by atoms with van der Waals surface area (Å²) in [7, 11) is 1.62. The number of hydrogen-bond acceptors (Lipinski definition) is 3. The molecule has 3 rings (SSSR count). The van der Waals surface area contributed by atoms with Gasteiger partial charge in [0.25, 0.3) is 0 Å². The minimum absolute atomic E-state index is 0.442. The summed E-state index contributed by atoms with van der Waals surface area (Å²) in [5.74, 6) is 1.29. The highest BCUT2D eigenvalue weighted by Gasteiger charge is 2.11. The Kier molecular flexibility index (Phi) is 7.16. The minimum Gasteiger partial charge on any atom is -0.493 e. The molecule has 6 heteroatoms. The number of nitrogens with zero attached hydrogens (tertiary/aromatic N) is 1. The second-order valence-corrected chi connectivity index (χ2v) is 8.32.